The fraction of sp³-hybridized carbons (Fsp3) is 0.432. The van der Waals surface area contributed by atoms with Crippen LogP contribution in [0.2, 0.25) is 0 Å². The topological polar surface area (TPSA) is 112 Å². The number of allylic oxidation sites excluding steroid dienone is 1. The molecule has 0 aliphatic carbocycles. The highest BCUT2D eigenvalue weighted by molar-refractivity contribution is 5.93. The highest BCUT2D eigenvalue weighted by Gasteiger charge is 2.20. The number of ether oxygens (including phenoxy) is 2. The van der Waals surface area contributed by atoms with Gasteiger partial charge in [0.2, 0.25) is 0 Å². The molecule has 3 aromatic carbocycles. The van der Waals surface area contributed by atoms with Crippen LogP contribution in [0.15, 0.2) is 84.3 Å². The first kappa shape index (κ1) is 41.8. The number of anilines is 1. The maximum absolute atomic E-state index is 12.0. The zero-order valence-electron chi connectivity index (χ0n) is 30.0. The molecule has 5 N–H and O–H groups in total. The van der Waals surface area contributed by atoms with E-state index < -0.39 is 0 Å². The molecule has 0 heterocycles. The summed E-state index contributed by atoms with van der Waals surface area (Å²) in [4.78, 5) is 16.1. The number of hydrogen-bond acceptors (Lipinski definition) is 9. The molecule has 3 aromatic rings. The van der Waals surface area contributed by atoms with Gasteiger partial charge in [0.1, 0.15) is 28.7 Å². The fourth-order valence-electron chi connectivity index (χ4n) is 4.04. The summed E-state index contributed by atoms with van der Waals surface area (Å²) in [7, 11) is 7.11. The zero-order chi connectivity index (χ0) is 35.1. The van der Waals surface area contributed by atoms with Crippen molar-refractivity contribution in [3.63, 3.8) is 0 Å². The minimum atomic E-state index is 0.0440. The number of carbonyl (C=O) groups excluding carboxylic acids is 1. The van der Waals surface area contributed by atoms with Crippen LogP contribution in [0.3, 0.4) is 0 Å². The normalized spacial score (nSPS) is 10.2. The van der Waals surface area contributed by atoms with Crippen molar-refractivity contribution in [2.45, 2.75) is 60.9 Å². The fourth-order valence-corrected chi connectivity index (χ4v) is 4.04. The van der Waals surface area contributed by atoms with Gasteiger partial charge in [-0.2, -0.15) is 0 Å². The molecule has 0 fully saturated rings. The first-order valence-corrected chi connectivity index (χ1v) is 15.7. The summed E-state index contributed by atoms with van der Waals surface area (Å²) in [6.07, 6.45) is 0.895. The standard InChI is InChI=1S/C14H30N4O.C9H13NO3.2C7H8/c1-7-12(10-15)16-13(11(4)19)14(17(5)8-2)18(6)9-3;1-6-4-7(10-11)9(13-3)5-8(6)12-2;2*1-7-5-3-2-4-6-7/h12,16H,7-10,15H2,1-6H3;4-5,10-11H,1-3H3;2*2-6H,1H3. The molecule has 0 bridgehead atoms. The molecule has 0 spiro atoms. The first-order valence-electron chi connectivity index (χ1n) is 15.7. The Kier molecular flexibility index (Phi) is 21.9. The number of nitrogens with zero attached hydrogens (tertiary/aromatic N) is 2. The highest BCUT2D eigenvalue weighted by Crippen LogP contribution is 2.31. The average Bonchev–Trinajstić information content (AvgIpc) is 3.07. The highest BCUT2D eigenvalue weighted by atomic mass is 16.5. The lowest BCUT2D eigenvalue weighted by Gasteiger charge is -2.32. The number of carbonyl (C=O) groups is 1. The minimum absolute atomic E-state index is 0.0440. The van der Waals surface area contributed by atoms with Crippen molar-refractivity contribution in [3.8, 4) is 11.5 Å². The maximum atomic E-state index is 12.0. The SMILES string of the molecule is CCC(CN)NC(C(C)=O)=C(N(C)CC)N(C)CC.COc1cc(OC)c(NO)cc1C.Cc1ccccc1.Cc1ccccc1. The number of hydrogen-bond donors (Lipinski definition) is 4. The molecule has 9 nitrogen and oxygen atoms in total. The van der Waals surface area contributed by atoms with Crippen LogP contribution in [-0.2, 0) is 4.79 Å². The van der Waals surface area contributed by atoms with Gasteiger partial charge in [-0.05, 0) is 52.7 Å². The number of aryl methyl sites for hydroxylation is 3. The van der Waals surface area contributed by atoms with Crippen molar-refractivity contribution in [3.05, 3.63) is 101 Å². The van der Waals surface area contributed by atoms with E-state index in [4.69, 9.17) is 20.4 Å². The van der Waals surface area contributed by atoms with E-state index in [9.17, 15) is 4.79 Å². The maximum Gasteiger partial charge on any atom is 0.179 e. The van der Waals surface area contributed by atoms with Crippen molar-refractivity contribution in [1.29, 1.82) is 0 Å². The third kappa shape index (κ3) is 15.7. The lowest BCUT2D eigenvalue weighted by atomic mass is 10.2. The largest absolute Gasteiger partial charge is 0.496 e. The summed E-state index contributed by atoms with van der Waals surface area (Å²) in [6.45, 7) is 16.1. The second-order valence-electron chi connectivity index (χ2n) is 10.7. The van der Waals surface area contributed by atoms with E-state index in [-0.39, 0.29) is 11.8 Å². The van der Waals surface area contributed by atoms with Crippen molar-refractivity contribution in [2.24, 2.45) is 5.73 Å². The Morgan fingerprint density at radius 2 is 1.28 bits per heavy atom. The van der Waals surface area contributed by atoms with E-state index >= 15 is 0 Å². The molecular weight excluding hydrogens is 578 g/mol. The van der Waals surface area contributed by atoms with Crippen molar-refractivity contribution >= 4 is 11.5 Å². The number of methoxy groups -OCH3 is 2. The van der Waals surface area contributed by atoms with E-state index in [1.54, 1.807) is 26.2 Å². The monoisotopic (exact) mass is 637 g/mol. The van der Waals surface area contributed by atoms with E-state index in [1.165, 1.54) is 18.2 Å². The molecule has 3 rings (SSSR count). The third-order valence-corrected chi connectivity index (χ3v) is 7.09. The van der Waals surface area contributed by atoms with Crippen LogP contribution in [0.4, 0.5) is 5.69 Å². The smallest absolute Gasteiger partial charge is 0.179 e. The van der Waals surface area contributed by atoms with E-state index in [0.717, 1.165) is 36.6 Å². The molecule has 0 aromatic heterocycles. The summed E-state index contributed by atoms with van der Waals surface area (Å²) in [5.74, 6) is 2.26. The van der Waals surface area contributed by atoms with Crippen LogP contribution in [0.1, 0.15) is 50.8 Å². The molecule has 0 radical (unpaired) electrons. The molecule has 0 saturated carbocycles. The van der Waals surface area contributed by atoms with Gasteiger partial charge in [-0.1, -0.05) is 78.7 Å². The Hall–Kier alpha value is -4.21. The molecule has 0 saturated heterocycles. The quantitative estimate of drug-likeness (QED) is 0.126. The van der Waals surface area contributed by atoms with Crippen LogP contribution < -0.4 is 26.0 Å². The van der Waals surface area contributed by atoms with Crippen LogP contribution in [0, 0.1) is 20.8 Å². The van der Waals surface area contributed by atoms with Crippen molar-refractivity contribution in [2.75, 3.05) is 53.4 Å². The zero-order valence-corrected chi connectivity index (χ0v) is 30.0. The van der Waals surface area contributed by atoms with Gasteiger partial charge in [0, 0.05) is 52.8 Å². The second-order valence-corrected chi connectivity index (χ2v) is 10.7. The molecule has 46 heavy (non-hydrogen) atoms. The number of nitrogens with one attached hydrogen (secondary N) is 2. The van der Waals surface area contributed by atoms with Gasteiger partial charge >= 0.3 is 0 Å². The molecule has 0 aliphatic heterocycles. The summed E-state index contributed by atoms with van der Waals surface area (Å²) in [6, 6.07) is 24.1. The Labute approximate surface area is 278 Å². The number of rotatable bonds is 12. The van der Waals surface area contributed by atoms with Crippen LogP contribution >= 0.6 is 0 Å². The van der Waals surface area contributed by atoms with Gasteiger partial charge in [-0.25, -0.2) is 0 Å². The molecule has 9 heteroatoms. The molecule has 256 valence electrons. The molecular formula is C37H59N5O4. The van der Waals surface area contributed by atoms with Gasteiger partial charge < -0.3 is 30.3 Å². The summed E-state index contributed by atoms with van der Waals surface area (Å²) in [5.41, 5.74) is 12.5. The Morgan fingerprint density at radius 1 is 0.826 bits per heavy atom. The van der Waals surface area contributed by atoms with E-state index in [0.29, 0.717) is 23.7 Å². The lowest BCUT2D eigenvalue weighted by Crippen LogP contribution is -2.42. The van der Waals surface area contributed by atoms with Crippen molar-refractivity contribution in [1.82, 2.24) is 15.1 Å². The molecule has 1 atom stereocenters. The minimum Gasteiger partial charge on any atom is -0.496 e. The Morgan fingerprint density at radius 3 is 1.57 bits per heavy atom. The molecule has 1 unspecified atom stereocenters. The van der Waals surface area contributed by atoms with Gasteiger partial charge in [-0.15, -0.1) is 0 Å². The number of benzene rings is 3. The number of ketones is 1. The first-order chi connectivity index (χ1) is 21.9. The Balaban J connectivity index is 0.000000639. The summed E-state index contributed by atoms with van der Waals surface area (Å²) >= 11 is 0. The Bertz CT molecular complexity index is 1220. The lowest BCUT2D eigenvalue weighted by molar-refractivity contribution is -0.114. The van der Waals surface area contributed by atoms with E-state index in [2.05, 4.69) is 79.5 Å². The van der Waals surface area contributed by atoms with Gasteiger partial charge in [-0.3, -0.25) is 15.5 Å². The van der Waals surface area contributed by atoms with E-state index in [1.807, 2.05) is 57.4 Å². The van der Waals surface area contributed by atoms with Crippen molar-refractivity contribution < 1.29 is 19.5 Å². The van der Waals surface area contributed by atoms with Gasteiger partial charge in [0.05, 0.1) is 14.2 Å². The second kappa shape index (κ2) is 24.1. The van der Waals surface area contributed by atoms with Gasteiger partial charge in [0.15, 0.2) is 5.78 Å². The molecule has 0 amide bonds. The predicted octanol–water partition coefficient (Wildman–Crippen LogP) is 6.78. The van der Waals surface area contributed by atoms with Crippen LogP contribution in [-0.4, -0.2) is 74.8 Å². The van der Waals surface area contributed by atoms with Crippen LogP contribution in [0.5, 0.6) is 11.5 Å². The third-order valence-electron chi connectivity index (χ3n) is 7.09. The predicted molar refractivity (Wildman–Crippen MR) is 193 cm³/mol. The molecule has 0 aliphatic rings. The van der Waals surface area contributed by atoms with Gasteiger partial charge in [0.25, 0.3) is 0 Å². The summed E-state index contributed by atoms with van der Waals surface area (Å²) < 4.78 is 10.1. The number of nitrogens with two attached hydrogens (primary N) is 1. The average molecular weight is 638 g/mol. The summed E-state index contributed by atoms with van der Waals surface area (Å²) in [5, 5.41) is 12.1. The number of Topliss-reactive ketones (excluding diaryl/α,β-unsaturated/α-hetero) is 1. The van der Waals surface area contributed by atoms with Crippen LogP contribution in [0.25, 0.3) is 0 Å².